The average Bonchev–Trinajstić information content (AvgIpc) is 3.15. The van der Waals surface area contributed by atoms with Crippen LogP contribution in [-0.4, -0.2) is 46.1 Å². The first-order chi connectivity index (χ1) is 15.2. The number of phenols is 1. The van der Waals surface area contributed by atoms with Gasteiger partial charge >= 0.3 is 0 Å². The van der Waals surface area contributed by atoms with Gasteiger partial charge in [-0.2, -0.15) is 5.10 Å². The molecule has 1 aromatic carbocycles. The number of phenolic OH excluding ortho intramolecular Hbond substituents is 1. The van der Waals surface area contributed by atoms with Gasteiger partial charge in [0.2, 0.25) is 0 Å². The summed E-state index contributed by atoms with van der Waals surface area (Å²) in [6.07, 6.45) is 8.66. The summed E-state index contributed by atoms with van der Waals surface area (Å²) in [6, 6.07) is 7.63. The molecule has 0 saturated carbocycles. The molecule has 0 unspecified atom stereocenters. The summed E-state index contributed by atoms with van der Waals surface area (Å²) in [5.41, 5.74) is 3.69. The molecule has 8 nitrogen and oxygen atoms in total. The van der Waals surface area contributed by atoms with Crippen LogP contribution in [0.25, 0.3) is 33.4 Å². The van der Waals surface area contributed by atoms with Gasteiger partial charge < -0.3 is 10.4 Å². The normalized spacial score (nSPS) is 18.1. The second-order valence-corrected chi connectivity index (χ2v) is 9.91. The zero-order valence-corrected chi connectivity index (χ0v) is 18.7. The lowest BCUT2D eigenvalue weighted by atomic mass is 9.79. The smallest absolute Gasteiger partial charge is 0.180 e. The van der Waals surface area contributed by atoms with E-state index in [1.807, 2.05) is 29.1 Å². The Labute approximate surface area is 186 Å². The minimum Gasteiger partial charge on any atom is -0.507 e. The SMILES string of the molecule is CC1(C)CC(n2ncc3cc(-c4ccc(-c5cncnc5)cc4O)nnc32)CC(C)(C)N1. The van der Waals surface area contributed by atoms with Crippen LogP contribution >= 0.6 is 0 Å². The van der Waals surface area contributed by atoms with Gasteiger partial charge in [0, 0.05) is 40.0 Å². The van der Waals surface area contributed by atoms with Crippen LogP contribution < -0.4 is 5.32 Å². The lowest BCUT2D eigenvalue weighted by Crippen LogP contribution is -2.58. The number of fused-ring (bicyclic) bond motifs is 1. The molecule has 0 radical (unpaired) electrons. The molecule has 4 aromatic rings. The fourth-order valence-electron chi connectivity index (χ4n) is 5.07. The third-order valence-corrected chi connectivity index (χ3v) is 6.02. The quantitative estimate of drug-likeness (QED) is 0.505. The van der Waals surface area contributed by atoms with E-state index in [-0.39, 0.29) is 22.9 Å². The summed E-state index contributed by atoms with van der Waals surface area (Å²) in [5.74, 6) is 0.134. The van der Waals surface area contributed by atoms with Gasteiger partial charge in [-0.1, -0.05) is 6.07 Å². The summed E-state index contributed by atoms with van der Waals surface area (Å²) in [7, 11) is 0. The number of hydrogen-bond donors (Lipinski definition) is 2. The molecule has 32 heavy (non-hydrogen) atoms. The van der Waals surface area contributed by atoms with E-state index in [2.05, 4.69) is 58.3 Å². The Bertz CT molecular complexity index is 1260. The number of piperidine rings is 1. The molecule has 1 aliphatic rings. The molecule has 5 rings (SSSR count). The molecule has 0 aliphatic carbocycles. The van der Waals surface area contributed by atoms with Crippen molar-refractivity contribution in [1.82, 2.24) is 35.3 Å². The van der Waals surface area contributed by atoms with Gasteiger partial charge in [0.05, 0.1) is 17.9 Å². The van der Waals surface area contributed by atoms with Crippen LogP contribution in [0.15, 0.2) is 49.2 Å². The molecule has 8 heteroatoms. The molecule has 4 heterocycles. The standard InChI is InChI=1S/C24H27N7O/c1-23(2)9-18(10-24(3,4)30-23)31-22-16(13-27-31)7-20(28-29-22)19-6-5-15(8-21(19)32)17-11-25-14-26-12-17/h5-8,11-14,18,30,32H,9-10H2,1-4H3. The molecule has 164 valence electrons. The molecule has 1 fully saturated rings. The van der Waals surface area contributed by atoms with E-state index < -0.39 is 0 Å². The lowest BCUT2D eigenvalue weighted by Gasteiger charge is -2.46. The Kier molecular flexibility index (Phi) is 4.70. The maximum atomic E-state index is 10.7. The van der Waals surface area contributed by atoms with Crippen molar-refractivity contribution in [2.45, 2.75) is 57.7 Å². The molecule has 2 N–H and O–H groups in total. The third kappa shape index (κ3) is 3.82. The van der Waals surface area contributed by atoms with Crippen LogP contribution in [-0.2, 0) is 0 Å². The van der Waals surface area contributed by atoms with E-state index in [1.54, 1.807) is 18.5 Å². The fraction of sp³-hybridized carbons (Fsp3) is 0.375. The third-order valence-electron chi connectivity index (χ3n) is 6.02. The Hall–Kier alpha value is -3.39. The number of aromatic nitrogens is 6. The van der Waals surface area contributed by atoms with Gasteiger partial charge in [0.25, 0.3) is 0 Å². The first-order valence-corrected chi connectivity index (χ1v) is 10.8. The highest BCUT2D eigenvalue weighted by Gasteiger charge is 2.39. The van der Waals surface area contributed by atoms with Crippen LogP contribution in [0, 0.1) is 0 Å². The lowest BCUT2D eigenvalue weighted by molar-refractivity contribution is 0.128. The summed E-state index contributed by atoms with van der Waals surface area (Å²) < 4.78 is 2.01. The molecular weight excluding hydrogens is 402 g/mol. The Morgan fingerprint density at radius 3 is 2.34 bits per heavy atom. The van der Waals surface area contributed by atoms with Crippen molar-refractivity contribution in [2.75, 3.05) is 0 Å². The van der Waals surface area contributed by atoms with Crippen LogP contribution in [0.2, 0.25) is 0 Å². The highest BCUT2D eigenvalue weighted by molar-refractivity contribution is 5.81. The van der Waals surface area contributed by atoms with E-state index in [4.69, 9.17) is 0 Å². The monoisotopic (exact) mass is 429 g/mol. The second kappa shape index (κ2) is 7.34. The summed E-state index contributed by atoms with van der Waals surface area (Å²) in [5, 5.41) is 28.9. The van der Waals surface area contributed by atoms with Crippen molar-refractivity contribution in [1.29, 1.82) is 0 Å². The van der Waals surface area contributed by atoms with Crippen molar-refractivity contribution in [3.63, 3.8) is 0 Å². The molecular formula is C24H27N7O. The molecule has 0 atom stereocenters. The Morgan fingerprint density at radius 1 is 0.938 bits per heavy atom. The highest BCUT2D eigenvalue weighted by Crippen LogP contribution is 2.37. The predicted molar refractivity (Wildman–Crippen MR) is 123 cm³/mol. The maximum Gasteiger partial charge on any atom is 0.180 e. The van der Waals surface area contributed by atoms with Crippen LogP contribution in [0.5, 0.6) is 5.75 Å². The van der Waals surface area contributed by atoms with Crippen molar-refractivity contribution in [3.05, 3.63) is 49.2 Å². The number of aromatic hydroxyl groups is 1. The maximum absolute atomic E-state index is 10.7. The van der Waals surface area contributed by atoms with E-state index in [1.165, 1.54) is 6.33 Å². The fourth-order valence-corrected chi connectivity index (χ4v) is 5.07. The number of hydrogen-bond acceptors (Lipinski definition) is 7. The largest absolute Gasteiger partial charge is 0.507 e. The first kappa shape index (κ1) is 20.5. The molecule has 0 spiro atoms. The number of nitrogens with zero attached hydrogens (tertiary/aromatic N) is 6. The highest BCUT2D eigenvalue weighted by atomic mass is 16.3. The van der Waals surface area contributed by atoms with Gasteiger partial charge in [-0.25, -0.2) is 14.6 Å². The van der Waals surface area contributed by atoms with Crippen LogP contribution in [0.3, 0.4) is 0 Å². The molecule has 0 amide bonds. The summed E-state index contributed by atoms with van der Waals surface area (Å²) >= 11 is 0. The van der Waals surface area contributed by atoms with Gasteiger partial charge in [-0.05, 0) is 64.3 Å². The van der Waals surface area contributed by atoms with E-state index in [0.717, 1.165) is 35.0 Å². The van der Waals surface area contributed by atoms with Crippen molar-refractivity contribution < 1.29 is 5.11 Å². The molecule has 3 aromatic heterocycles. The second-order valence-electron chi connectivity index (χ2n) is 9.91. The molecule has 0 bridgehead atoms. The Morgan fingerprint density at radius 2 is 1.66 bits per heavy atom. The average molecular weight is 430 g/mol. The van der Waals surface area contributed by atoms with E-state index in [0.29, 0.717) is 11.3 Å². The van der Waals surface area contributed by atoms with Crippen molar-refractivity contribution in [3.8, 4) is 28.1 Å². The van der Waals surface area contributed by atoms with Crippen molar-refractivity contribution >= 4 is 11.0 Å². The van der Waals surface area contributed by atoms with E-state index in [9.17, 15) is 5.11 Å². The Balaban J connectivity index is 1.48. The van der Waals surface area contributed by atoms with Crippen LogP contribution in [0.1, 0.15) is 46.6 Å². The molecule has 1 saturated heterocycles. The molecule has 1 aliphatic heterocycles. The van der Waals surface area contributed by atoms with Gasteiger partial charge in [-0.3, -0.25) is 0 Å². The van der Waals surface area contributed by atoms with Gasteiger partial charge in [0.1, 0.15) is 12.1 Å². The summed E-state index contributed by atoms with van der Waals surface area (Å²) in [4.78, 5) is 8.07. The number of rotatable bonds is 3. The number of nitrogens with one attached hydrogen (secondary N) is 1. The van der Waals surface area contributed by atoms with E-state index >= 15 is 0 Å². The van der Waals surface area contributed by atoms with Gasteiger partial charge in [0.15, 0.2) is 5.65 Å². The van der Waals surface area contributed by atoms with Crippen molar-refractivity contribution in [2.24, 2.45) is 0 Å². The minimum absolute atomic E-state index is 0.00931. The first-order valence-electron chi connectivity index (χ1n) is 10.8. The zero-order chi connectivity index (χ0) is 22.5. The predicted octanol–water partition coefficient (Wildman–Crippen LogP) is 4.14. The topological polar surface area (TPSA) is 102 Å². The summed E-state index contributed by atoms with van der Waals surface area (Å²) in [6.45, 7) is 8.91. The zero-order valence-electron chi connectivity index (χ0n) is 18.7. The number of benzene rings is 1. The van der Waals surface area contributed by atoms with Crippen LogP contribution in [0.4, 0.5) is 0 Å². The van der Waals surface area contributed by atoms with Gasteiger partial charge in [-0.15, -0.1) is 10.2 Å². The minimum atomic E-state index is 0.00931.